The molecular weight excluding hydrogens is 256 g/mol. The summed E-state index contributed by atoms with van der Waals surface area (Å²) in [4.78, 5) is 0. The van der Waals surface area contributed by atoms with E-state index in [4.69, 9.17) is 9.47 Å². The van der Waals surface area contributed by atoms with E-state index in [0.717, 1.165) is 28.8 Å². The number of allylic oxidation sites excluding steroid dienone is 1. The van der Waals surface area contributed by atoms with Gasteiger partial charge in [-0.05, 0) is 24.1 Å². The Morgan fingerprint density at radius 2 is 1.93 bits per heavy atom. The van der Waals surface area contributed by atoms with Gasteiger partial charge in [-0.2, -0.15) is 0 Å². The molecule has 0 radical (unpaired) electrons. The first-order valence-electron chi connectivity index (χ1n) is 4.76. The number of hydrogen-bond acceptors (Lipinski definition) is 2. The zero-order valence-corrected chi connectivity index (χ0v) is 10.6. The van der Waals surface area contributed by atoms with Crippen LogP contribution in [0.15, 0.2) is 24.3 Å². The maximum Gasteiger partial charge on any atom is 0.161 e. The Hall–Kier alpha value is -0.960. The first kappa shape index (κ1) is 12.1. The summed E-state index contributed by atoms with van der Waals surface area (Å²) in [7, 11) is 3.28. The van der Waals surface area contributed by atoms with E-state index in [1.807, 2.05) is 18.2 Å². The molecule has 1 rings (SSSR count). The third-order valence-corrected chi connectivity index (χ3v) is 2.45. The first-order valence-corrected chi connectivity index (χ1v) is 5.88. The molecule has 0 aliphatic rings. The van der Waals surface area contributed by atoms with Gasteiger partial charge in [-0.1, -0.05) is 34.1 Å². The lowest BCUT2D eigenvalue weighted by Gasteiger charge is -2.07. The third kappa shape index (κ3) is 3.59. The van der Waals surface area contributed by atoms with Gasteiger partial charge in [0.1, 0.15) is 0 Å². The summed E-state index contributed by atoms with van der Waals surface area (Å²) in [6.45, 7) is 0. The highest BCUT2D eigenvalue weighted by Gasteiger charge is 2.01. The van der Waals surface area contributed by atoms with Crippen LogP contribution >= 0.6 is 15.9 Å². The Bertz CT molecular complexity index is 334. The molecule has 0 fully saturated rings. The van der Waals surface area contributed by atoms with Crippen molar-refractivity contribution in [3.05, 3.63) is 29.8 Å². The zero-order chi connectivity index (χ0) is 11.1. The standard InChI is InChI=1S/C12H15BrO2/c1-14-11-7-6-10(5-3-4-8-13)9-12(11)15-2/h3,5-7,9H,4,8H2,1-2H3. The van der Waals surface area contributed by atoms with E-state index in [-0.39, 0.29) is 0 Å². The molecule has 0 amide bonds. The van der Waals surface area contributed by atoms with E-state index in [1.165, 1.54) is 0 Å². The van der Waals surface area contributed by atoms with Gasteiger partial charge in [0.2, 0.25) is 0 Å². The van der Waals surface area contributed by atoms with Gasteiger partial charge in [-0.3, -0.25) is 0 Å². The molecule has 82 valence electrons. The molecule has 1 aromatic carbocycles. The largest absolute Gasteiger partial charge is 0.493 e. The summed E-state index contributed by atoms with van der Waals surface area (Å²) < 4.78 is 10.4. The number of methoxy groups -OCH3 is 2. The maximum absolute atomic E-state index is 5.22. The van der Waals surface area contributed by atoms with E-state index in [9.17, 15) is 0 Å². The lowest BCUT2D eigenvalue weighted by atomic mass is 10.2. The van der Waals surface area contributed by atoms with Crippen molar-refractivity contribution < 1.29 is 9.47 Å². The summed E-state index contributed by atoms with van der Waals surface area (Å²) >= 11 is 3.38. The molecule has 0 N–H and O–H groups in total. The van der Waals surface area contributed by atoms with Crippen molar-refractivity contribution in [3.63, 3.8) is 0 Å². The van der Waals surface area contributed by atoms with E-state index in [1.54, 1.807) is 14.2 Å². The maximum atomic E-state index is 5.22. The van der Waals surface area contributed by atoms with Crippen LogP contribution in [0.3, 0.4) is 0 Å². The summed E-state index contributed by atoms with van der Waals surface area (Å²) in [5.41, 5.74) is 1.12. The topological polar surface area (TPSA) is 18.5 Å². The fourth-order valence-corrected chi connectivity index (χ4v) is 1.50. The second-order valence-electron chi connectivity index (χ2n) is 2.99. The first-order chi connectivity index (χ1) is 7.31. The van der Waals surface area contributed by atoms with Gasteiger partial charge in [0, 0.05) is 5.33 Å². The van der Waals surface area contributed by atoms with Gasteiger partial charge < -0.3 is 9.47 Å². The summed E-state index contributed by atoms with van der Waals surface area (Å²) in [6.07, 6.45) is 5.22. The van der Waals surface area contributed by atoms with Crippen molar-refractivity contribution in [1.82, 2.24) is 0 Å². The molecule has 0 saturated carbocycles. The number of ether oxygens (including phenoxy) is 2. The van der Waals surface area contributed by atoms with Crippen molar-refractivity contribution in [1.29, 1.82) is 0 Å². The Kier molecular flexibility index (Phi) is 5.26. The Labute approximate surface area is 99.0 Å². The predicted octanol–water partition coefficient (Wildman–Crippen LogP) is 3.50. The molecule has 3 heteroatoms. The quantitative estimate of drug-likeness (QED) is 0.763. The van der Waals surface area contributed by atoms with Gasteiger partial charge in [0.25, 0.3) is 0 Å². The van der Waals surface area contributed by atoms with Gasteiger partial charge in [-0.15, -0.1) is 0 Å². The number of halogens is 1. The van der Waals surface area contributed by atoms with Crippen LogP contribution in [-0.4, -0.2) is 19.5 Å². The van der Waals surface area contributed by atoms with Crippen LogP contribution in [0.25, 0.3) is 6.08 Å². The minimum absolute atomic E-state index is 0.759. The molecule has 0 aliphatic heterocycles. The smallest absolute Gasteiger partial charge is 0.161 e. The highest BCUT2D eigenvalue weighted by Crippen LogP contribution is 2.27. The van der Waals surface area contributed by atoms with Gasteiger partial charge >= 0.3 is 0 Å². The lowest BCUT2D eigenvalue weighted by Crippen LogP contribution is -1.90. The highest BCUT2D eigenvalue weighted by molar-refractivity contribution is 9.09. The molecule has 1 aromatic rings. The third-order valence-electron chi connectivity index (χ3n) is 1.99. The molecule has 0 spiro atoms. The van der Waals surface area contributed by atoms with Gasteiger partial charge in [-0.25, -0.2) is 0 Å². The monoisotopic (exact) mass is 270 g/mol. The second-order valence-corrected chi connectivity index (χ2v) is 3.79. The molecule has 0 aromatic heterocycles. The molecule has 0 unspecified atom stereocenters. The highest BCUT2D eigenvalue weighted by atomic mass is 79.9. The van der Waals surface area contributed by atoms with Crippen LogP contribution in [0.5, 0.6) is 11.5 Å². The Morgan fingerprint density at radius 3 is 2.53 bits per heavy atom. The molecule has 0 bridgehead atoms. The molecule has 0 atom stereocenters. The molecular formula is C12H15BrO2. The van der Waals surface area contributed by atoms with Crippen molar-refractivity contribution in [3.8, 4) is 11.5 Å². The van der Waals surface area contributed by atoms with Crippen molar-refractivity contribution >= 4 is 22.0 Å². The number of rotatable bonds is 5. The van der Waals surface area contributed by atoms with Crippen LogP contribution in [0.2, 0.25) is 0 Å². The van der Waals surface area contributed by atoms with Crippen LogP contribution in [0, 0.1) is 0 Å². The van der Waals surface area contributed by atoms with Gasteiger partial charge in [0.15, 0.2) is 11.5 Å². The minimum Gasteiger partial charge on any atom is -0.493 e. The van der Waals surface area contributed by atoms with Crippen LogP contribution < -0.4 is 9.47 Å². The normalized spacial score (nSPS) is 10.6. The molecule has 0 heterocycles. The fraction of sp³-hybridized carbons (Fsp3) is 0.333. The zero-order valence-electron chi connectivity index (χ0n) is 9.00. The second kappa shape index (κ2) is 6.51. The van der Waals surface area contributed by atoms with Crippen LogP contribution in [0.1, 0.15) is 12.0 Å². The molecule has 0 saturated heterocycles. The van der Waals surface area contributed by atoms with E-state index >= 15 is 0 Å². The summed E-state index contributed by atoms with van der Waals surface area (Å²) in [5, 5.41) is 0.983. The summed E-state index contributed by atoms with van der Waals surface area (Å²) in [6, 6.07) is 5.88. The summed E-state index contributed by atoms with van der Waals surface area (Å²) in [5.74, 6) is 1.52. The molecule has 0 aliphatic carbocycles. The molecule has 2 nitrogen and oxygen atoms in total. The Morgan fingerprint density at radius 1 is 1.20 bits per heavy atom. The Balaban J connectivity index is 2.83. The molecule has 15 heavy (non-hydrogen) atoms. The predicted molar refractivity (Wildman–Crippen MR) is 67.0 cm³/mol. The number of benzene rings is 1. The fourth-order valence-electron chi connectivity index (χ4n) is 1.24. The van der Waals surface area contributed by atoms with Crippen molar-refractivity contribution in [2.45, 2.75) is 6.42 Å². The SMILES string of the molecule is COc1ccc(C=CCCBr)cc1OC. The minimum atomic E-state index is 0.759. The average molecular weight is 271 g/mol. The van der Waals surface area contributed by atoms with Gasteiger partial charge in [0.05, 0.1) is 14.2 Å². The van der Waals surface area contributed by atoms with E-state index < -0.39 is 0 Å². The van der Waals surface area contributed by atoms with Crippen molar-refractivity contribution in [2.24, 2.45) is 0 Å². The van der Waals surface area contributed by atoms with E-state index in [2.05, 4.69) is 28.1 Å². The van der Waals surface area contributed by atoms with Crippen LogP contribution in [0.4, 0.5) is 0 Å². The van der Waals surface area contributed by atoms with Crippen LogP contribution in [-0.2, 0) is 0 Å². The van der Waals surface area contributed by atoms with Crippen molar-refractivity contribution in [2.75, 3.05) is 19.5 Å². The number of hydrogen-bond donors (Lipinski definition) is 0. The number of alkyl halides is 1. The average Bonchev–Trinajstić information content (AvgIpc) is 2.29. The van der Waals surface area contributed by atoms with E-state index in [0.29, 0.717) is 0 Å². The lowest BCUT2D eigenvalue weighted by molar-refractivity contribution is 0.355.